The van der Waals surface area contributed by atoms with Crippen molar-refractivity contribution in [1.82, 2.24) is 4.90 Å². The van der Waals surface area contributed by atoms with Crippen LogP contribution < -0.4 is 10.1 Å². The van der Waals surface area contributed by atoms with Gasteiger partial charge < -0.3 is 15.0 Å². The molecule has 0 aliphatic rings. The first-order valence-electron chi connectivity index (χ1n) is 9.79. The number of benzene rings is 2. The standard InChI is InChI=1S/C23H24Cl2F2N2O2/c1-4-29(5-2)12-13-31-21-10-9-18(15-20(21)25)28-22(30)11-7-16-6-8-17(14-19(16)24)23(3,26)27/h6,8-10,14-15H,4-5,12-13H2,1-3H3,(H,28,30). The zero-order valence-corrected chi connectivity index (χ0v) is 19.1. The summed E-state index contributed by atoms with van der Waals surface area (Å²) in [5, 5.41) is 3.02. The molecule has 0 radical (unpaired) electrons. The zero-order chi connectivity index (χ0) is 23.0. The zero-order valence-electron chi connectivity index (χ0n) is 17.6. The number of anilines is 1. The van der Waals surface area contributed by atoms with Gasteiger partial charge in [0.05, 0.1) is 10.0 Å². The molecule has 2 aromatic carbocycles. The van der Waals surface area contributed by atoms with Gasteiger partial charge in [-0.25, -0.2) is 8.78 Å². The number of halogens is 4. The van der Waals surface area contributed by atoms with Crippen LogP contribution in [0.3, 0.4) is 0 Å². The monoisotopic (exact) mass is 468 g/mol. The molecule has 2 aromatic rings. The molecule has 166 valence electrons. The fourth-order valence-corrected chi connectivity index (χ4v) is 3.16. The molecule has 0 unspecified atom stereocenters. The summed E-state index contributed by atoms with van der Waals surface area (Å²) in [6.07, 6.45) is 0. The van der Waals surface area contributed by atoms with Crippen LogP contribution in [0.2, 0.25) is 10.0 Å². The predicted octanol–water partition coefficient (Wildman–Crippen LogP) is 5.82. The molecule has 0 saturated heterocycles. The Balaban J connectivity index is 1.98. The summed E-state index contributed by atoms with van der Waals surface area (Å²) in [7, 11) is 0. The minimum Gasteiger partial charge on any atom is -0.491 e. The normalized spacial score (nSPS) is 11.1. The Labute approximate surface area is 191 Å². The highest BCUT2D eigenvalue weighted by atomic mass is 35.5. The number of amides is 1. The molecule has 1 N–H and O–H groups in total. The number of ether oxygens (including phenoxy) is 1. The van der Waals surface area contributed by atoms with E-state index in [1.165, 1.54) is 12.1 Å². The lowest BCUT2D eigenvalue weighted by Crippen LogP contribution is -2.27. The van der Waals surface area contributed by atoms with E-state index in [1.807, 2.05) is 0 Å². The average molecular weight is 469 g/mol. The van der Waals surface area contributed by atoms with Crippen molar-refractivity contribution in [2.24, 2.45) is 0 Å². The van der Waals surface area contributed by atoms with Gasteiger partial charge in [-0.3, -0.25) is 4.79 Å². The van der Waals surface area contributed by atoms with Gasteiger partial charge in [-0.05, 0) is 43.4 Å². The van der Waals surface area contributed by atoms with E-state index >= 15 is 0 Å². The van der Waals surface area contributed by atoms with Crippen molar-refractivity contribution in [3.8, 4) is 17.6 Å². The van der Waals surface area contributed by atoms with Crippen molar-refractivity contribution < 1.29 is 18.3 Å². The summed E-state index contributed by atoms with van der Waals surface area (Å²) < 4.78 is 32.4. The molecule has 0 bridgehead atoms. The smallest absolute Gasteiger partial charge is 0.300 e. The molecule has 0 saturated carbocycles. The van der Waals surface area contributed by atoms with Gasteiger partial charge in [0.1, 0.15) is 12.4 Å². The van der Waals surface area contributed by atoms with Crippen LogP contribution in [0.1, 0.15) is 31.9 Å². The van der Waals surface area contributed by atoms with Gasteiger partial charge in [-0.2, -0.15) is 0 Å². The SMILES string of the molecule is CCN(CC)CCOc1ccc(NC(=O)C#Cc2ccc(C(C)(F)F)cc2Cl)cc1Cl. The number of nitrogens with one attached hydrogen (secondary N) is 1. The number of alkyl halides is 2. The quantitative estimate of drug-likeness (QED) is 0.496. The number of hydrogen-bond acceptors (Lipinski definition) is 3. The van der Waals surface area contributed by atoms with E-state index in [4.69, 9.17) is 27.9 Å². The van der Waals surface area contributed by atoms with E-state index in [2.05, 4.69) is 35.9 Å². The van der Waals surface area contributed by atoms with Crippen LogP contribution in [0.25, 0.3) is 0 Å². The highest BCUT2D eigenvalue weighted by Gasteiger charge is 2.24. The summed E-state index contributed by atoms with van der Waals surface area (Å²) in [5.74, 6) is 1.90. The Morgan fingerprint density at radius 3 is 2.42 bits per heavy atom. The number of carbonyl (C=O) groups excluding carboxylic acids is 1. The van der Waals surface area contributed by atoms with Gasteiger partial charge in [0.25, 0.3) is 5.92 Å². The molecular weight excluding hydrogens is 445 g/mol. The fraction of sp³-hybridized carbons (Fsp3) is 0.348. The lowest BCUT2D eigenvalue weighted by atomic mass is 10.1. The van der Waals surface area contributed by atoms with E-state index in [9.17, 15) is 13.6 Å². The maximum absolute atomic E-state index is 13.3. The first-order valence-corrected chi connectivity index (χ1v) is 10.5. The molecule has 2 rings (SSSR count). The highest BCUT2D eigenvalue weighted by molar-refractivity contribution is 6.32. The Kier molecular flexibility index (Phi) is 9.12. The third-order valence-electron chi connectivity index (χ3n) is 4.54. The number of nitrogens with zero attached hydrogens (tertiary/aromatic N) is 1. The molecule has 1 amide bonds. The minimum atomic E-state index is -3.01. The summed E-state index contributed by atoms with van der Waals surface area (Å²) in [4.78, 5) is 14.3. The molecule has 31 heavy (non-hydrogen) atoms. The molecule has 0 spiro atoms. The van der Waals surface area contributed by atoms with Gasteiger partial charge in [0, 0.05) is 36.2 Å². The van der Waals surface area contributed by atoms with E-state index in [-0.39, 0.29) is 16.1 Å². The molecule has 0 aliphatic heterocycles. The van der Waals surface area contributed by atoms with Crippen LogP contribution in [0.4, 0.5) is 14.5 Å². The van der Waals surface area contributed by atoms with Crippen LogP contribution >= 0.6 is 23.2 Å². The van der Waals surface area contributed by atoms with E-state index in [0.29, 0.717) is 23.1 Å². The highest BCUT2D eigenvalue weighted by Crippen LogP contribution is 2.30. The first-order chi connectivity index (χ1) is 14.6. The summed E-state index contributed by atoms with van der Waals surface area (Å²) in [6, 6.07) is 8.63. The molecule has 4 nitrogen and oxygen atoms in total. The molecule has 8 heteroatoms. The van der Waals surface area contributed by atoms with Gasteiger partial charge in [-0.1, -0.05) is 49.0 Å². The predicted molar refractivity (Wildman–Crippen MR) is 121 cm³/mol. The number of rotatable bonds is 8. The lowest BCUT2D eigenvalue weighted by molar-refractivity contribution is -0.111. The van der Waals surface area contributed by atoms with Crippen molar-refractivity contribution in [1.29, 1.82) is 0 Å². The Hall–Kier alpha value is -2.33. The minimum absolute atomic E-state index is 0.0496. The van der Waals surface area contributed by atoms with Crippen molar-refractivity contribution in [3.05, 3.63) is 57.6 Å². The number of likely N-dealkylation sites (N-methyl/N-ethyl adjacent to an activating group) is 1. The van der Waals surface area contributed by atoms with Crippen LogP contribution in [0, 0.1) is 11.8 Å². The van der Waals surface area contributed by atoms with Gasteiger partial charge in [0.15, 0.2) is 0 Å². The largest absolute Gasteiger partial charge is 0.491 e. The van der Waals surface area contributed by atoms with Gasteiger partial charge in [-0.15, -0.1) is 0 Å². The molecule has 0 aromatic heterocycles. The number of carbonyl (C=O) groups is 1. The van der Waals surface area contributed by atoms with Crippen LogP contribution in [0.5, 0.6) is 5.75 Å². The van der Waals surface area contributed by atoms with Crippen LogP contribution in [-0.4, -0.2) is 37.0 Å². The second kappa shape index (κ2) is 11.3. The maximum Gasteiger partial charge on any atom is 0.300 e. The Morgan fingerprint density at radius 1 is 1.13 bits per heavy atom. The third kappa shape index (κ3) is 7.70. The van der Waals surface area contributed by atoms with E-state index < -0.39 is 11.8 Å². The third-order valence-corrected chi connectivity index (χ3v) is 5.14. The van der Waals surface area contributed by atoms with Crippen molar-refractivity contribution in [2.75, 3.05) is 31.6 Å². The summed E-state index contributed by atoms with van der Waals surface area (Å²) in [5.41, 5.74) is 0.508. The van der Waals surface area contributed by atoms with Crippen molar-refractivity contribution in [2.45, 2.75) is 26.7 Å². The second-order valence-corrected chi connectivity index (χ2v) is 7.62. The topological polar surface area (TPSA) is 41.6 Å². The molecule has 0 heterocycles. The molecule has 0 atom stereocenters. The second-order valence-electron chi connectivity index (χ2n) is 6.81. The van der Waals surface area contributed by atoms with Crippen molar-refractivity contribution >= 4 is 34.8 Å². The lowest BCUT2D eigenvalue weighted by Gasteiger charge is -2.18. The molecule has 0 aliphatic carbocycles. The summed E-state index contributed by atoms with van der Waals surface area (Å²) in [6.45, 7) is 8.13. The first kappa shape index (κ1) is 24.9. The molecule has 0 fully saturated rings. The Morgan fingerprint density at radius 2 is 1.84 bits per heavy atom. The van der Waals surface area contributed by atoms with Crippen LogP contribution in [0.15, 0.2) is 36.4 Å². The Bertz CT molecular complexity index is 978. The maximum atomic E-state index is 13.3. The number of hydrogen-bond donors (Lipinski definition) is 1. The van der Waals surface area contributed by atoms with E-state index in [0.717, 1.165) is 32.6 Å². The fourth-order valence-electron chi connectivity index (χ4n) is 2.70. The molecular formula is C23H24Cl2F2N2O2. The van der Waals surface area contributed by atoms with E-state index in [1.54, 1.807) is 18.2 Å². The van der Waals surface area contributed by atoms with Crippen molar-refractivity contribution in [3.63, 3.8) is 0 Å². The summed E-state index contributed by atoms with van der Waals surface area (Å²) >= 11 is 12.2. The van der Waals surface area contributed by atoms with Gasteiger partial charge >= 0.3 is 5.91 Å². The van der Waals surface area contributed by atoms with Gasteiger partial charge in [0.2, 0.25) is 0 Å². The average Bonchev–Trinajstić information content (AvgIpc) is 2.71. The van der Waals surface area contributed by atoms with Crippen LogP contribution in [-0.2, 0) is 10.7 Å².